The molecule has 2 amide bonds. The van der Waals surface area contributed by atoms with E-state index >= 15 is 0 Å². The second-order valence-corrected chi connectivity index (χ2v) is 4.68. The first-order chi connectivity index (χ1) is 7.66. The van der Waals surface area contributed by atoms with Gasteiger partial charge >= 0.3 is 12.0 Å². The molecule has 1 aromatic heterocycles. The van der Waals surface area contributed by atoms with E-state index in [4.69, 9.17) is 5.11 Å². The van der Waals surface area contributed by atoms with Gasteiger partial charge in [0, 0.05) is 13.1 Å². The molecule has 0 atom stereocenters. The molecular formula is C10H12N2O3S. The lowest BCUT2D eigenvalue weighted by Crippen LogP contribution is -2.31. The van der Waals surface area contributed by atoms with E-state index in [0.29, 0.717) is 5.00 Å². The normalized spacial score (nSPS) is 15.1. The maximum atomic E-state index is 11.7. The number of anilines is 1. The van der Waals surface area contributed by atoms with Gasteiger partial charge in [0.2, 0.25) is 0 Å². The summed E-state index contributed by atoms with van der Waals surface area (Å²) in [7, 11) is 0. The van der Waals surface area contributed by atoms with Crippen molar-refractivity contribution in [3.8, 4) is 0 Å². The molecule has 0 radical (unpaired) electrons. The molecule has 0 saturated carbocycles. The summed E-state index contributed by atoms with van der Waals surface area (Å²) in [5.41, 5.74) is 0. The van der Waals surface area contributed by atoms with E-state index in [9.17, 15) is 9.59 Å². The van der Waals surface area contributed by atoms with Crippen LogP contribution in [-0.2, 0) is 0 Å². The van der Waals surface area contributed by atoms with Crippen LogP contribution in [0.5, 0.6) is 0 Å². The topological polar surface area (TPSA) is 69.6 Å². The number of aromatic carboxylic acids is 1. The summed E-state index contributed by atoms with van der Waals surface area (Å²) in [5, 5.41) is 12.0. The largest absolute Gasteiger partial charge is 0.477 e. The minimum atomic E-state index is -0.966. The van der Waals surface area contributed by atoms with E-state index in [-0.39, 0.29) is 10.9 Å². The molecule has 0 aliphatic carbocycles. The Labute approximate surface area is 96.7 Å². The SMILES string of the molecule is O=C(O)c1ccc(NC(=O)N2CCCC2)s1. The quantitative estimate of drug-likeness (QED) is 0.831. The van der Waals surface area contributed by atoms with Gasteiger partial charge < -0.3 is 10.0 Å². The number of thiophene rings is 1. The number of hydrogen-bond donors (Lipinski definition) is 2. The third-order valence-corrected chi connectivity index (χ3v) is 3.43. The second-order valence-electron chi connectivity index (χ2n) is 3.59. The van der Waals surface area contributed by atoms with E-state index in [2.05, 4.69) is 5.32 Å². The molecule has 0 bridgehead atoms. The van der Waals surface area contributed by atoms with Gasteiger partial charge in [0.25, 0.3) is 0 Å². The van der Waals surface area contributed by atoms with Gasteiger partial charge in [0.1, 0.15) is 4.88 Å². The first-order valence-electron chi connectivity index (χ1n) is 5.06. The van der Waals surface area contributed by atoms with Crippen molar-refractivity contribution >= 4 is 28.3 Å². The smallest absolute Gasteiger partial charge is 0.345 e. The average molecular weight is 240 g/mol. The lowest BCUT2D eigenvalue weighted by molar-refractivity contribution is 0.0702. The lowest BCUT2D eigenvalue weighted by atomic mass is 10.4. The molecule has 86 valence electrons. The van der Waals surface area contributed by atoms with Gasteiger partial charge in [-0.3, -0.25) is 5.32 Å². The van der Waals surface area contributed by atoms with Crippen molar-refractivity contribution < 1.29 is 14.7 Å². The first kappa shape index (κ1) is 10.9. The number of rotatable bonds is 2. The molecule has 16 heavy (non-hydrogen) atoms. The molecule has 1 fully saturated rings. The van der Waals surface area contributed by atoms with Crippen molar-refractivity contribution in [1.82, 2.24) is 4.90 Å². The number of carbonyl (C=O) groups excluding carboxylic acids is 1. The first-order valence-corrected chi connectivity index (χ1v) is 5.87. The number of hydrogen-bond acceptors (Lipinski definition) is 3. The molecule has 1 aliphatic rings. The Kier molecular flexibility index (Phi) is 3.09. The molecule has 1 saturated heterocycles. The zero-order valence-electron chi connectivity index (χ0n) is 8.60. The van der Waals surface area contributed by atoms with Crippen molar-refractivity contribution in [1.29, 1.82) is 0 Å². The highest BCUT2D eigenvalue weighted by molar-refractivity contribution is 7.18. The van der Waals surface area contributed by atoms with Crippen molar-refractivity contribution in [2.45, 2.75) is 12.8 Å². The Hall–Kier alpha value is -1.56. The third-order valence-electron chi connectivity index (χ3n) is 2.44. The fourth-order valence-electron chi connectivity index (χ4n) is 1.62. The predicted molar refractivity (Wildman–Crippen MR) is 61.1 cm³/mol. The fourth-order valence-corrected chi connectivity index (χ4v) is 2.36. The molecule has 0 aromatic carbocycles. The van der Waals surface area contributed by atoms with Crippen molar-refractivity contribution in [3.63, 3.8) is 0 Å². The molecular weight excluding hydrogens is 228 g/mol. The van der Waals surface area contributed by atoms with Crippen LogP contribution in [0.2, 0.25) is 0 Å². The summed E-state index contributed by atoms with van der Waals surface area (Å²) in [6, 6.07) is 2.96. The Morgan fingerprint density at radius 3 is 2.56 bits per heavy atom. The summed E-state index contributed by atoms with van der Waals surface area (Å²) in [4.78, 5) is 24.3. The average Bonchev–Trinajstić information content (AvgIpc) is 2.87. The highest BCUT2D eigenvalue weighted by atomic mass is 32.1. The van der Waals surface area contributed by atoms with Gasteiger partial charge in [0.15, 0.2) is 0 Å². The number of nitrogens with one attached hydrogen (secondary N) is 1. The van der Waals surface area contributed by atoms with Gasteiger partial charge in [-0.05, 0) is 25.0 Å². The van der Waals surface area contributed by atoms with E-state index in [1.54, 1.807) is 11.0 Å². The van der Waals surface area contributed by atoms with Gasteiger partial charge in [-0.25, -0.2) is 9.59 Å². The monoisotopic (exact) mass is 240 g/mol. The number of likely N-dealkylation sites (tertiary alicyclic amines) is 1. The Morgan fingerprint density at radius 2 is 2.00 bits per heavy atom. The fraction of sp³-hybridized carbons (Fsp3) is 0.400. The van der Waals surface area contributed by atoms with Crippen molar-refractivity contribution in [3.05, 3.63) is 17.0 Å². The summed E-state index contributed by atoms with van der Waals surface area (Å²) in [6.45, 7) is 1.56. The van der Waals surface area contributed by atoms with E-state index in [1.807, 2.05) is 0 Å². The van der Waals surface area contributed by atoms with Crippen LogP contribution in [0.4, 0.5) is 9.80 Å². The summed E-state index contributed by atoms with van der Waals surface area (Å²) >= 11 is 1.07. The van der Waals surface area contributed by atoms with E-state index in [1.165, 1.54) is 6.07 Å². The molecule has 6 heteroatoms. The van der Waals surface area contributed by atoms with Crippen LogP contribution in [-0.4, -0.2) is 35.1 Å². The van der Waals surface area contributed by atoms with Crippen LogP contribution in [0.25, 0.3) is 0 Å². The minimum absolute atomic E-state index is 0.142. The molecule has 1 aromatic rings. The van der Waals surface area contributed by atoms with Gasteiger partial charge in [-0.1, -0.05) is 0 Å². The number of amides is 2. The maximum Gasteiger partial charge on any atom is 0.345 e. The summed E-state index contributed by atoms with van der Waals surface area (Å²) in [6.07, 6.45) is 2.08. The molecule has 2 rings (SSSR count). The van der Waals surface area contributed by atoms with Crippen LogP contribution in [0.3, 0.4) is 0 Å². The van der Waals surface area contributed by atoms with E-state index < -0.39 is 5.97 Å². The number of urea groups is 1. The molecule has 2 heterocycles. The van der Waals surface area contributed by atoms with E-state index in [0.717, 1.165) is 37.3 Å². The van der Waals surface area contributed by atoms with Crippen molar-refractivity contribution in [2.75, 3.05) is 18.4 Å². The maximum absolute atomic E-state index is 11.7. The minimum Gasteiger partial charge on any atom is -0.477 e. The Bertz CT molecular complexity index is 410. The zero-order valence-corrected chi connectivity index (χ0v) is 9.42. The number of nitrogens with zero attached hydrogens (tertiary/aromatic N) is 1. The molecule has 1 aliphatic heterocycles. The van der Waals surface area contributed by atoms with Crippen LogP contribution < -0.4 is 5.32 Å². The Balaban J connectivity index is 1.97. The zero-order chi connectivity index (χ0) is 11.5. The molecule has 0 spiro atoms. The number of carbonyl (C=O) groups is 2. The van der Waals surface area contributed by atoms with Gasteiger partial charge in [-0.15, -0.1) is 11.3 Å². The molecule has 5 nitrogen and oxygen atoms in total. The second kappa shape index (κ2) is 4.52. The van der Waals surface area contributed by atoms with Crippen LogP contribution in [0.1, 0.15) is 22.5 Å². The lowest BCUT2D eigenvalue weighted by Gasteiger charge is -2.14. The van der Waals surface area contributed by atoms with Crippen LogP contribution in [0.15, 0.2) is 12.1 Å². The van der Waals surface area contributed by atoms with Gasteiger partial charge in [0.05, 0.1) is 5.00 Å². The summed E-state index contributed by atoms with van der Waals surface area (Å²) in [5.74, 6) is -0.966. The number of carboxylic acids is 1. The third kappa shape index (κ3) is 2.33. The Morgan fingerprint density at radius 1 is 1.31 bits per heavy atom. The standard InChI is InChI=1S/C10H12N2O3S/c13-9(14)7-3-4-8(16-7)11-10(15)12-5-1-2-6-12/h3-4H,1-2,5-6H2,(H,11,15)(H,13,14). The molecule has 2 N–H and O–H groups in total. The van der Waals surface area contributed by atoms with Crippen molar-refractivity contribution in [2.24, 2.45) is 0 Å². The molecule has 0 unspecified atom stereocenters. The highest BCUT2D eigenvalue weighted by Gasteiger charge is 2.18. The number of carboxylic acid groups (broad SMARTS) is 1. The highest BCUT2D eigenvalue weighted by Crippen LogP contribution is 2.22. The van der Waals surface area contributed by atoms with Crippen LogP contribution in [0, 0.1) is 0 Å². The predicted octanol–water partition coefficient (Wildman–Crippen LogP) is 2.07. The van der Waals surface area contributed by atoms with Gasteiger partial charge in [-0.2, -0.15) is 0 Å². The summed E-state index contributed by atoms with van der Waals surface area (Å²) < 4.78 is 0. The van der Waals surface area contributed by atoms with Crippen LogP contribution >= 0.6 is 11.3 Å².